The molecule has 162 valence electrons. The summed E-state index contributed by atoms with van der Waals surface area (Å²) in [4.78, 5) is 23.5. The summed E-state index contributed by atoms with van der Waals surface area (Å²) in [5.74, 6) is -1.14. The average Bonchev–Trinajstić information content (AvgIpc) is 2.70. The van der Waals surface area contributed by atoms with Crippen LogP contribution in [0.25, 0.3) is 0 Å². The molecule has 5 nitrogen and oxygen atoms in total. The Kier molecular flexibility index (Phi) is 13.3. The van der Waals surface area contributed by atoms with Crippen LogP contribution in [0.4, 0.5) is 0 Å². The van der Waals surface area contributed by atoms with Crippen LogP contribution >= 0.6 is 0 Å². The molecule has 0 saturated carbocycles. The van der Waals surface area contributed by atoms with Gasteiger partial charge in [0.1, 0.15) is 11.8 Å². The molecule has 3 N–H and O–H groups in total. The van der Waals surface area contributed by atoms with Gasteiger partial charge in [-0.15, -0.1) is 0 Å². The summed E-state index contributed by atoms with van der Waals surface area (Å²) >= 11 is 0. The van der Waals surface area contributed by atoms with Gasteiger partial charge in [-0.25, -0.2) is 4.79 Å². The van der Waals surface area contributed by atoms with Gasteiger partial charge in [-0.2, -0.15) is 0 Å². The van der Waals surface area contributed by atoms with Gasteiger partial charge in [-0.3, -0.25) is 4.79 Å². The Morgan fingerprint density at radius 1 is 0.931 bits per heavy atom. The number of nitrogens with one attached hydrogen (secondary N) is 1. The first kappa shape index (κ1) is 24.7. The lowest BCUT2D eigenvalue weighted by atomic mass is 10.1. The normalized spacial score (nSPS) is 12.2. The SMILES string of the molecule is CCCCCC/C=C\CCCCCCC(=O)N[C@@H](Cc1ccc(O)cc1)C(=O)O. The van der Waals surface area contributed by atoms with Crippen molar-refractivity contribution in [2.24, 2.45) is 0 Å². The number of carbonyl (C=O) groups is 2. The minimum absolute atomic E-state index is 0.132. The van der Waals surface area contributed by atoms with Gasteiger partial charge in [0.2, 0.25) is 5.91 Å². The van der Waals surface area contributed by atoms with Crippen LogP contribution in [0, 0.1) is 0 Å². The summed E-state index contributed by atoms with van der Waals surface area (Å²) in [7, 11) is 0. The summed E-state index contributed by atoms with van der Waals surface area (Å²) in [6, 6.07) is 5.40. The third kappa shape index (κ3) is 12.7. The van der Waals surface area contributed by atoms with Gasteiger partial charge < -0.3 is 15.5 Å². The van der Waals surface area contributed by atoms with Crippen molar-refractivity contribution in [3.8, 4) is 5.75 Å². The first-order valence-corrected chi connectivity index (χ1v) is 11.0. The molecule has 0 unspecified atom stereocenters. The molecular formula is C24H37NO4. The van der Waals surface area contributed by atoms with Crippen LogP contribution in [0.5, 0.6) is 5.75 Å². The summed E-state index contributed by atoms with van der Waals surface area (Å²) in [5, 5.41) is 21.2. The van der Waals surface area contributed by atoms with E-state index >= 15 is 0 Å². The molecule has 0 aromatic heterocycles. The van der Waals surface area contributed by atoms with E-state index in [-0.39, 0.29) is 18.1 Å². The largest absolute Gasteiger partial charge is 0.508 e. The van der Waals surface area contributed by atoms with Crippen LogP contribution < -0.4 is 5.32 Å². The number of hydrogen-bond acceptors (Lipinski definition) is 3. The standard InChI is InChI=1S/C24H37NO4/c1-2-3-4-5-6-7-8-9-10-11-12-13-14-23(27)25-22(24(28)29)19-20-15-17-21(26)18-16-20/h7-8,15-18,22,26H,2-6,9-14,19H2,1H3,(H,25,27)(H,28,29)/b8-7-/t22-/m0/s1. The highest BCUT2D eigenvalue weighted by molar-refractivity contribution is 5.83. The monoisotopic (exact) mass is 403 g/mol. The highest BCUT2D eigenvalue weighted by atomic mass is 16.4. The van der Waals surface area contributed by atoms with E-state index in [1.165, 1.54) is 44.2 Å². The molecule has 1 atom stereocenters. The second kappa shape index (κ2) is 15.6. The minimum atomic E-state index is -1.05. The molecule has 1 aromatic rings. The second-order valence-corrected chi connectivity index (χ2v) is 7.60. The van der Waals surface area contributed by atoms with E-state index in [4.69, 9.17) is 0 Å². The third-order valence-corrected chi connectivity index (χ3v) is 4.93. The van der Waals surface area contributed by atoms with Crippen LogP contribution in [-0.4, -0.2) is 28.1 Å². The van der Waals surface area contributed by atoms with E-state index in [9.17, 15) is 19.8 Å². The van der Waals surface area contributed by atoms with Gasteiger partial charge >= 0.3 is 5.97 Å². The number of aromatic hydroxyl groups is 1. The zero-order chi connectivity index (χ0) is 21.3. The van der Waals surface area contributed by atoms with E-state index < -0.39 is 12.0 Å². The number of rotatable bonds is 16. The summed E-state index contributed by atoms with van der Waals surface area (Å²) in [5.41, 5.74) is 0.758. The number of hydrogen-bond donors (Lipinski definition) is 3. The number of carboxylic acid groups (broad SMARTS) is 1. The number of amides is 1. The Morgan fingerprint density at radius 3 is 2.10 bits per heavy atom. The lowest BCUT2D eigenvalue weighted by Gasteiger charge is -2.14. The van der Waals surface area contributed by atoms with Gasteiger partial charge in [0.15, 0.2) is 0 Å². The van der Waals surface area contributed by atoms with Crippen molar-refractivity contribution in [1.82, 2.24) is 5.32 Å². The number of phenols is 1. The highest BCUT2D eigenvalue weighted by Gasteiger charge is 2.20. The molecule has 1 aromatic carbocycles. The van der Waals surface area contributed by atoms with Crippen LogP contribution in [0.15, 0.2) is 36.4 Å². The Morgan fingerprint density at radius 2 is 1.52 bits per heavy atom. The van der Waals surface area contributed by atoms with E-state index in [2.05, 4.69) is 24.4 Å². The lowest BCUT2D eigenvalue weighted by molar-refractivity contribution is -0.141. The summed E-state index contributed by atoms with van der Waals surface area (Å²) in [6.07, 6.45) is 16.5. The molecular weight excluding hydrogens is 366 g/mol. The fourth-order valence-electron chi connectivity index (χ4n) is 3.16. The topological polar surface area (TPSA) is 86.6 Å². The van der Waals surface area contributed by atoms with Crippen molar-refractivity contribution in [2.75, 3.05) is 0 Å². The number of allylic oxidation sites excluding steroid dienone is 2. The van der Waals surface area contributed by atoms with Gasteiger partial charge in [-0.05, 0) is 49.8 Å². The predicted molar refractivity (Wildman–Crippen MR) is 117 cm³/mol. The minimum Gasteiger partial charge on any atom is -0.508 e. The van der Waals surface area contributed by atoms with Gasteiger partial charge in [0.25, 0.3) is 0 Å². The van der Waals surface area contributed by atoms with E-state index in [0.717, 1.165) is 37.7 Å². The first-order valence-electron chi connectivity index (χ1n) is 11.0. The van der Waals surface area contributed by atoms with Gasteiger partial charge in [0.05, 0.1) is 0 Å². The Bertz CT molecular complexity index is 610. The predicted octanol–water partition coefficient (Wildman–Crippen LogP) is 5.37. The third-order valence-electron chi connectivity index (χ3n) is 4.93. The summed E-state index contributed by atoms with van der Waals surface area (Å²) < 4.78 is 0. The number of carbonyl (C=O) groups excluding carboxylic acids is 1. The fourth-order valence-corrected chi connectivity index (χ4v) is 3.16. The van der Waals surface area contributed by atoms with Crippen LogP contribution in [0.3, 0.4) is 0 Å². The molecule has 0 heterocycles. The first-order chi connectivity index (χ1) is 14.0. The number of aliphatic carboxylic acids is 1. The molecule has 5 heteroatoms. The zero-order valence-electron chi connectivity index (χ0n) is 17.7. The number of carboxylic acids is 1. The molecule has 0 aliphatic rings. The van der Waals surface area contributed by atoms with Gasteiger partial charge in [-0.1, -0.05) is 63.3 Å². The van der Waals surface area contributed by atoms with Gasteiger partial charge in [0, 0.05) is 12.8 Å². The molecule has 0 fully saturated rings. The van der Waals surface area contributed by atoms with Crippen molar-refractivity contribution in [3.63, 3.8) is 0 Å². The summed E-state index contributed by atoms with van der Waals surface area (Å²) in [6.45, 7) is 2.22. The van der Waals surface area contributed by atoms with E-state index in [1.54, 1.807) is 12.1 Å². The van der Waals surface area contributed by atoms with Crippen molar-refractivity contribution < 1.29 is 19.8 Å². The van der Waals surface area contributed by atoms with Crippen LogP contribution in [-0.2, 0) is 16.0 Å². The maximum absolute atomic E-state index is 12.1. The lowest BCUT2D eigenvalue weighted by Crippen LogP contribution is -2.42. The molecule has 0 radical (unpaired) electrons. The molecule has 29 heavy (non-hydrogen) atoms. The molecule has 0 saturated heterocycles. The average molecular weight is 404 g/mol. The van der Waals surface area contributed by atoms with Crippen molar-refractivity contribution >= 4 is 11.9 Å². The fraction of sp³-hybridized carbons (Fsp3) is 0.583. The van der Waals surface area contributed by atoms with Crippen LogP contribution in [0.1, 0.15) is 83.1 Å². The Labute approximate surface area is 175 Å². The molecule has 1 rings (SSSR count). The number of benzene rings is 1. The number of phenolic OH excluding ortho intramolecular Hbond substituents is 1. The second-order valence-electron chi connectivity index (χ2n) is 7.60. The highest BCUT2D eigenvalue weighted by Crippen LogP contribution is 2.12. The van der Waals surface area contributed by atoms with Crippen LogP contribution in [0.2, 0.25) is 0 Å². The Balaban J connectivity index is 2.13. The van der Waals surface area contributed by atoms with E-state index in [1.807, 2.05) is 0 Å². The van der Waals surface area contributed by atoms with E-state index in [0.29, 0.717) is 6.42 Å². The molecule has 0 aliphatic heterocycles. The molecule has 0 bridgehead atoms. The smallest absolute Gasteiger partial charge is 0.326 e. The quantitative estimate of drug-likeness (QED) is 0.256. The molecule has 0 spiro atoms. The maximum atomic E-state index is 12.1. The maximum Gasteiger partial charge on any atom is 0.326 e. The Hall–Kier alpha value is -2.30. The molecule has 0 aliphatic carbocycles. The number of unbranched alkanes of at least 4 members (excludes halogenated alkanes) is 8. The molecule has 1 amide bonds. The van der Waals surface area contributed by atoms with Crippen molar-refractivity contribution in [1.29, 1.82) is 0 Å². The zero-order valence-corrected chi connectivity index (χ0v) is 17.7. The van der Waals surface area contributed by atoms with Crippen molar-refractivity contribution in [2.45, 2.75) is 90.0 Å². The van der Waals surface area contributed by atoms with Crippen molar-refractivity contribution in [3.05, 3.63) is 42.0 Å².